The molecule has 0 saturated heterocycles. The number of aromatic nitrogens is 1. The van der Waals surface area contributed by atoms with E-state index < -0.39 is 0 Å². The molecule has 2 aliphatic heterocycles. The van der Waals surface area contributed by atoms with Gasteiger partial charge in [0.1, 0.15) is 11.5 Å². The second-order valence-corrected chi connectivity index (χ2v) is 10.6. The number of rotatable bonds is 3. The summed E-state index contributed by atoms with van der Waals surface area (Å²) in [4.78, 5) is 2.32. The van der Waals surface area contributed by atoms with Gasteiger partial charge in [0.05, 0.1) is 11.2 Å². The highest BCUT2D eigenvalue weighted by atomic mass is 16.5. The minimum Gasteiger partial charge on any atom is -0.458 e. The Hall–Kier alpha value is -5.22. The average molecular weight is 510 g/mol. The Morgan fingerprint density at radius 2 is 1.18 bits per heavy atom. The van der Waals surface area contributed by atoms with E-state index in [1.165, 1.54) is 43.9 Å². The van der Waals surface area contributed by atoms with Crippen LogP contribution in [-0.4, -0.2) is 11.3 Å². The first-order chi connectivity index (χ1) is 19.9. The lowest BCUT2D eigenvalue weighted by molar-refractivity contribution is 0.487. The molecule has 0 fully saturated rings. The van der Waals surface area contributed by atoms with Crippen molar-refractivity contribution in [3.8, 4) is 17.2 Å². The van der Waals surface area contributed by atoms with Gasteiger partial charge in [0, 0.05) is 39.4 Å². The van der Waals surface area contributed by atoms with E-state index in [2.05, 4.69) is 149 Å². The molecular weight excluding hydrogens is 487 g/mol. The van der Waals surface area contributed by atoms with Crippen LogP contribution in [-0.2, 0) is 0 Å². The van der Waals surface area contributed by atoms with E-state index in [0.29, 0.717) is 0 Å². The predicted molar refractivity (Wildman–Crippen MR) is 167 cm³/mol. The second kappa shape index (κ2) is 8.14. The fourth-order valence-electron chi connectivity index (χ4n) is 6.83. The summed E-state index contributed by atoms with van der Waals surface area (Å²) in [5.74, 6) is 1.84. The van der Waals surface area contributed by atoms with Crippen LogP contribution in [0.4, 0.5) is 17.1 Å². The van der Waals surface area contributed by atoms with Crippen molar-refractivity contribution in [2.24, 2.45) is 0 Å². The van der Waals surface area contributed by atoms with Crippen molar-refractivity contribution in [3.05, 3.63) is 140 Å². The average Bonchev–Trinajstić information content (AvgIpc) is 3.36. The molecule has 0 amide bonds. The number of anilines is 3. The third-order valence-electron chi connectivity index (χ3n) is 8.41. The van der Waals surface area contributed by atoms with Gasteiger partial charge in [-0.3, -0.25) is 0 Å². The molecule has 1 aromatic heterocycles. The van der Waals surface area contributed by atoms with Gasteiger partial charge < -0.3 is 14.2 Å². The SMILES string of the molecule is c1ccc(N(c2ccccc2)c2cc3c4c(c2)-n2c5ccccc5c5cccc(c52)B4c2ccccc2O3)cc1. The van der Waals surface area contributed by atoms with E-state index in [9.17, 15) is 0 Å². The predicted octanol–water partition coefficient (Wildman–Crippen LogP) is 7.19. The number of hydrogen-bond acceptors (Lipinski definition) is 2. The molecule has 186 valence electrons. The first-order valence-electron chi connectivity index (χ1n) is 13.7. The first kappa shape index (κ1) is 21.7. The molecule has 3 heterocycles. The molecule has 4 heteroatoms. The van der Waals surface area contributed by atoms with Crippen molar-refractivity contribution < 1.29 is 4.74 Å². The van der Waals surface area contributed by atoms with Gasteiger partial charge in [-0.1, -0.05) is 91.0 Å². The van der Waals surface area contributed by atoms with Gasteiger partial charge in [0.25, 0.3) is 6.71 Å². The Morgan fingerprint density at radius 1 is 0.525 bits per heavy atom. The van der Waals surface area contributed by atoms with Gasteiger partial charge in [-0.2, -0.15) is 0 Å². The number of ether oxygens (including phenoxy) is 1. The molecule has 6 aromatic carbocycles. The van der Waals surface area contributed by atoms with Crippen molar-refractivity contribution in [2.75, 3.05) is 4.90 Å². The van der Waals surface area contributed by atoms with E-state index in [-0.39, 0.29) is 6.71 Å². The summed E-state index contributed by atoms with van der Waals surface area (Å²) >= 11 is 0. The van der Waals surface area contributed by atoms with Crippen molar-refractivity contribution in [3.63, 3.8) is 0 Å². The molecule has 0 radical (unpaired) electrons. The van der Waals surface area contributed by atoms with Crippen molar-refractivity contribution in [1.29, 1.82) is 0 Å². The highest BCUT2D eigenvalue weighted by Gasteiger charge is 2.40. The fourth-order valence-corrected chi connectivity index (χ4v) is 6.83. The van der Waals surface area contributed by atoms with Crippen molar-refractivity contribution >= 4 is 62.0 Å². The lowest BCUT2D eigenvalue weighted by Crippen LogP contribution is -2.58. The van der Waals surface area contributed by atoms with Gasteiger partial charge in [-0.05, 0) is 58.9 Å². The summed E-state index contributed by atoms with van der Waals surface area (Å²) < 4.78 is 9.21. The second-order valence-electron chi connectivity index (χ2n) is 10.6. The highest BCUT2D eigenvalue weighted by Crippen LogP contribution is 2.42. The zero-order valence-corrected chi connectivity index (χ0v) is 21.7. The van der Waals surface area contributed by atoms with Crippen molar-refractivity contribution in [2.45, 2.75) is 0 Å². The van der Waals surface area contributed by atoms with Crippen LogP contribution in [0.1, 0.15) is 0 Å². The third kappa shape index (κ3) is 2.90. The van der Waals surface area contributed by atoms with Crippen molar-refractivity contribution in [1.82, 2.24) is 4.57 Å². The van der Waals surface area contributed by atoms with Crippen LogP contribution in [0.15, 0.2) is 140 Å². The van der Waals surface area contributed by atoms with Crippen LogP contribution < -0.4 is 26.0 Å². The number of benzene rings is 6. The zero-order chi connectivity index (χ0) is 26.2. The molecular formula is C36H23BN2O. The molecule has 9 rings (SSSR count). The first-order valence-corrected chi connectivity index (χ1v) is 13.7. The number of para-hydroxylation sites is 5. The Bertz CT molecular complexity index is 2060. The molecule has 3 nitrogen and oxygen atoms in total. The zero-order valence-electron chi connectivity index (χ0n) is 21.7. The lowest BCUT2D eigenvalue weighted by Gasteiger charge is -2.35. The highest BCUT2D eigenvalue weighted by molar-refractivity contribution is 6.99. The molecule has 2 aliphatic rings. The summed E-state index contributed by atoms with van der Waals surface area (Å²) in [5, 5.41) is 2.56. The molecule has 0 atom stereocenters. The van der Waals surface area contributed by atoms with Gasteiger partial charge >= 0.3 is 0 Å². The molecule has 40 heavy (non-hydrogen) atoms. The van der Waals surface area contributed by atoms with Crippen LogP contribution in [0.25, 0.3) is 27.5 Å². The van der Waals surface area contributed by atoms with E-state index in [0.717, 1.165) is 28.6 Å². The van der Waals surface area contributed by atoms with Crippen LogP contribution >= 0.6 is 0 Å². The smallest absolute Gasteiger partial charge is 0.256 e. The monoisotopic (exact) mass is 510 g/mol. The van der Waals surface area contributed by atoms with Crippen LogP contribution in [0.3, 0.4) is 0 Å². The van der Waals surface area contributed by atoms with Gasteiger partial charge in [0.2, 0.25) is 0 Å². The number of hydrogen-bond donors (Lipinski definition) is 0. The number of nitrogens with zero attached hydrogens (tertiary/aromatic N) is 2. The number of fused-ring (bicyclic) bond motifs is 7. The summed E-state index contributed by atoms with van der Waals surface area (Å²) in [6.45, 7) is 0.103. The molecule has 0 saturated carbocycles. The van der Waals surface area contributed by atoms with Crippen LogP contribution in [0, 0.1) is 0 Å². The molecule has 0 bridgehead atoms. The minimum absolute atomic E-state index is 0.103. The molecule has 0 aliphatic carbocycles. The largest absolute Gasteiger partial charge is 0.458 e. The van der Waals surface area contributed by atoms with E-state index >= 15 is 0 Å². The van der Waals surface area contributed by atoms with Gasteiger partial charge in [-0.15, -0.1) is 0 Å². The third-order valence-corrected chi connectivity index (χ3v) is 8.41. The van der Waals surface area contributed by atoms with Gasteiger partial charge in [-0.25, -0.2) is 0 Å². The van der Waals surface area contributed by atoms with Gasteiger partial charge in [0.15, 0.2) is 0 Å². The molecule has 0 unspecified atom stereocenters. The molecule has 0 N–H and O–H groups in total. The topological polar surface area (TPSA) is 17.4 Å². The Morgan fingerprint density at radius 3 is 1.98 bits per heavy atom. The van der Waals surface area contributed by atoms with E-state index in [1.54, 1.807) is 0 Å². The molecule has 0 spiro atoms. The molecule has 7 aromatic rings. The van der Waals surface area contributed by atoms with Crippen LogP contribution in [0.5, 0.6) is 11.5 Å². The summed E-state index contributed by atoms with van der Waals surface area (Å²) in [7, 11) is 0. The van der Waals surface area contributed by atoms with E-state index in [4.69, 9.17) is 4.74 Å². The Balaban J connectivity index is 1.42. The maximum atomic E-state index is 6.75. The standard InChI is InChI=1S/C36H23BN2O/c1-3-12-24(13-4-1)38(25-14-5-2-6-15-25)26-22-32-35-34(23-26)40-33-21-10-8-18-29(33)37(35)30-19-11-17-28-27-16-7-9-20-31(27)39(32)36(28)30/h1-23H. The van der Waals surface area contributed by atoms with Crippen LogP contribution in [0.2, 0.25) is 0 Å². The Labute approximate surface area is 232 Å². The maximum absolute atomic E-state index is 6.75. The van der Waals surface area contributed by atoms with E-state index in [1.807, 2.05) is 0 Å². The maximum Gasteiger partial charge on any atom is 0.256 e. The quantitative estimate of drug-likeness (QED) is 0.234. The summed E-state index contributed by atoms with van der Waals surface area (Å²) in [6, 6.07) is 49.8. The summed E-state index contributed by atoms with van der Waals surface area (Å²) in [6.07, 6.45) is 0. The fraction of sp³-hybridized carbons (Fsp3) is 0. The Kier molecular flexibility index (Phi) is 4.41. The lowest BCUT2D eigenvalue weighted by atomic mass is 9.34. The minimum atomic E-state index is 0.103. The normalized spacial score (nSPS) is 12.7. The summed E-state index contributed by atoms with van der Waals surface area (Å²) in [5.41, 5.74) is 10.7.